The Labute approximate surface area is 119 Å². The van der Waals surface area contributed by atoms with Gasteiger partial charge in [0.15, 0.2) is 0 Å². The van der Waals surface area contributed by atoms with E-state index >= 15 is 0 Å². The van der Waals surface area contributed by atoms with Gasteiger partial charge in [-0.3, -0.25) is 0 Å². The molecule has 0 aromatic heterocycles. The number of hydrogen-bond acceptors (Lipinski definition) is 2. The van der Waals surface area contributed by atoms with Crippen molar-refractivity contribution in [2.45, 2.75) is 30.2 Å². The summed E-state index contributed by atoms with van der Waals surface area (Å²) in [7, 11) is 0. The van der Waals surface area contributed by atoms with Gasteiger partial charge in [-0.25, -0.2) is 0 Å². The number of nitrogens with one attached hydrogen (secondary N) is 1. The van der Waals surface area contributed by atoms with Gasteiger partial charge in [-0.05, 0) is 48.3 Å². The molecule has 0 heterocycles. The van der Waals surface area contributed by atoms with E-state index in [1.807, 2.05) is 0 Å². The van der Waals surface area contributed by atoms with E-state index in [1.165, 1.54) is 34.6 Å². The molecule has 0 aliphatic heterocycles. The molecule has 0 spiro atoms. The second-order valence-corrected chi connectivity index (χ2v) is 5.92. The molecule has 1 N–H and O–H groups in total. The van der Waals surface area contributed by atoms with Crippen molar-refractivity contribution >= 4 is 17.4 Å². The predicted octanol–water partition coefficient (Wildman–Crippen LogP) is 4.90. The monoisotopic (exact) mass is 269 g/mol. The number of rotatable bonds is 5. The maximum atomic E-state index is 3.55. The van der Waals surface area contributed by atoms with Crippen LogP contribution in [-0.4, -0.2) is 6.26 Å². The fourth-order valence-corrected chi connectivity index (χ4v) is 2.94. The van der Waals surface area contributed by atoms with Crippen molar-refractivity contribution < 1.29 is 0 Å². The van der Waals surface area contributed by atoms with Gasteiger partial charge < -0.3 is 5.32 Å². The average molecular weight is 269 g/mol. The van der Waals surface area contributed by atoms with Crippen LogP contribution in [0.5, 0.6) is 0 Å². The molecule has 0 bridgehead atoms. The highest BCUT2D eigenvalue weighted by atomic mass is 32.2. The topological polar surface area (TPSA) is 12.0 Å². The van der Waals surface area contributed by atoms with Gasteiger partial charge in [0.25, 0.3) is 0 Å². The predicted molar refractivity (Wildman–Crippen MR) is 84.0 cm³/mol. The van der Waals surface area contributed by atoms with Crippen LogP contribution in [-0.2, 0) is 6.54 Å². The van der Waals surface area contributed by atoms with E-state index in [2.05, 4.69) is 60.1 Å². The Morgan fingerprint density at radius 1 is 1.11 bits per heavy atom. The minimum absolute atomic E-state index is 0.832. The third-order valence-electron chi connectivity index (χ3n) is 3.59. The Bertz CT molecular complexity index is 561. The lowest BCUT2D eigenvalue weighted by Crippen LogP contribution is -2.00. The first kappa shape index (κ1) is 12.6. The molecule has 98 valence electrons. The zero-order valence-corrected chi connectivity index (χ0v) is 12.0. The summed E-state index contributed by atoms with van der Waals surface area (Å²) in [6.45, 7) is 0.901. The smallest absolute Gasteiger partial charge is 0.0480 e. The highest BCUT2D eigenvalue weighted by Gasteiger charge is 2.23. The van der Waals surface area contributed by atoms with Gasteiger partial charge in [0.2, 0.25) is 0 Å². The Balaban J connectivity index is 1.70. The van der Waals surface area contributed by atoms with E-state index in [0.717, 1.165) is 12.5 Å². The molecule has 1 nitrogen and oxygen atoms in total. The van der Waals surface area contributed by atoms with E-state index in [1.54, 1.807) is 11.8 Å². The fourth-order valence-electron chi connectivity index (χ4n) is 2.36. The van der Waals surface area contributed by atoms with Crippen LogP contribution in [0.3, 0.4) is 0 Å². The minimum atomic E-state index is 0.832. The van der Waals surface area contributed by atoms with E-state index in [9.17, 15) is 0 Å². The number of hydrogen-bond donors (Lipinski definition) is 1. The molecular weight excluding hydrogens is 250 g/mol. The summed E-state index contributed by atoms with van der Waals surface area (Å²) < 4.78 is 0. The maximum Gasteiger partial charge on any atom is 0.0480 e. The van der Waals surface area contributed by atoms with Crippen molar-refractivity contribution in [1.29, 1.82) is 0 Å². The second-order valence-electron chi connectivity index (χ2n) is 5.07. The molecule has 1 saturated carbocycles. The number of para-hydroxylation sites is 1. The third kappa shape index (κ3) is 3.13. The lowest BCUT2D eigenvalue weighted by Gasteiger charge is -2.11. The minimum Gasteiger partial charge on any atom is -0.380 e. The normalized spacial score (nSPS) is 14.4. The Kier molecular flexibility index (Phi) is 3.79. The lowest BCUT2D eigenvalue weighted by atomic mass is 10.1. The summed E-state index contributed by atoms with van der Waals surface area (Å²) in [6.07, 6.45) is 4.85. The standard InChI is InChI=1S/C17H19NS/c1-19-17-8-3-2-7-16(17)18-12-13-5-4-6-15(11-13)14-9-10-14/h2-8,11,14,18H,9-10,12H2,1H3. The molecule has 0 radical (unpaired) electrons. The summed E-state index contributed by atoms with van der Waals surface area (Å²) in [5.74, 6) is 0.832. The number of thioether (sulfide) groups is 1. The van der Waals surface area contributed by atoms with Gasteiger partial charge in [-0.15, -0.1) is 11.8 Å². The van der Waals surface area contributed by atoms with Crippen molar-refractivity contribution in [3.8, 4) is 0 Å². The number of anilines is 1. The summed E-state index contributed by atoms with van der Waals surface area (Å²) in [4.78, 5) is 1.31. The first-order valence-electron chi connectivity index (χ1n) is 6.82. The molecule has 2 heteroatoms. The van der Waals surface area contributed by atoms with Gasteiger partial charge in [0, 0.05) is 17.1 Å². The molecule has 2 aromatic carbocycles. The van der Waals surface area contributed by atoms with Crippen molar-refractivity contribution in [2.24, 2.45) is 0 Å². The van der Waals surface area contributed by atoms with Crippen molar-refractivity contribution in [1.82, 2.24) is 0 Å². The Morgan fingerprint density at radius 2 is 1.95 bits per heavy atom. The second kappa shape index (κ2) is 5.70. The largest absolute Gasteiger partial charge is 0.380 e. The molecule has 3 rings (SSSR count). The molecule has 1 aliphatic rings. The third-order valence-corrected chi connectivity index (χ3v) is 4.39. The van der Waals surface area contributed by atoms with Gasteiger partial charge in [-0.1, -0.05) is 36.4 Å². The van der Waals surface area contributed by atoms with Gasteiger partial charge in [0.1, 0.15) is 0 Å². The van der Waals surface area contributed by atoms with Gasteiger partial charge in [-0.2, -0.15) is 0 Å². The molecule has 0 amide bonds. The van der Waals surface area contributed by atoms with Crippen molar-refractivity contribution in [3.63, 3.8) is 0 Å². The van der Waals surface area contributed by atoms with Gasteiger partial charge in [0.05, 0.1) is 0 Å². The Hall–Kier alpha value is -1.41. The van der Waals surface area contributed by atoms with Crippen molar-refractivity contribution in [3.05, 3.63) is 59.7 Å². The molecule has 19 heavy (non-hydrogen) atoms. The van der Waals surface area contributed by atoms with Crippen LogP contribution in [0.2, 0.25) is 0 Å². The summed E-state index contributed by atoms with van der Waals surface area (Å²) >= 11 is 1.79. The van der Waals surface area contributed by atoms with E-state index in [4.69, 9.17) is 0 Å². The van der Waals surface area contributed by atoms with Crippen LogP contribution in [0, 0.1) is 0 Å². The first-order valence-corrected chi connectivity index (χ1v) is 8.05. The summed E-state index contributed by atoms with van der Waals surface area (Å²) in [5, 5.41) is 3.55. The van der Waals surface area contributed by atoms with Crippen LogP contribution in [0.15, 0.2) is 53.4 Å². The molecule has 1 fully saturated rings. The quantitative estimate of drug-likeness (QED) is 0.775. The molecule has 0 unspecified atom stereocenters. The zero-order valence-electron chi connectivity index (χ0n) is 11.2. The van der Waals surface area contributed by atoms with Crippen LogP contribution < -0.4 is 5.32 Å². The number of benzene rings is 2. The highest BCUT2D eigenvalue weighted by molar-refractivity contribution is 7.98. The van der Waals surface area contributed by atoms with Crippen LogP contribution >= 0.6 is 11.8 Å². The van der Waals surface area contributed by atoms with Crippen LogP contribution in [0.25, 0.3) is 0 Å². The highest BCUT2D eigenvalue weighted by Crippen LogP contribution is 2.40. The SMILES string of the molecule is CSc1ccccc1NCc1cccc(C2CC2)c1. The molecule has 0 saturated heterocycles. The zero-order chi connectivity index (χ0) is 13.1. The summed E-state index contributed by atoms with van der Waals surface area (Å²) in [5.41, 5.74) is 4.12. The van der Waals surface area contributed by atoms with Gasteiger partial charge >= 0.3 is 0 Å². The summed E-state index contributed by atoms with van der Waals surface area (Å²) in [6, 6.07) is 17.5. The van der Waals surface area contributed by atoms with Crippen molar-refractivity contribution in [2.75, 3.05) is 11.6 Å². The Morgan fingerprint density at radius 3 is 2.74 bits per heavy atom. The average Bonchev–Trinajstić information content (AvgIpc) is 3.30. The fraction of sp³-hybridized carbons (Fsp3) is 0.294. The first-order chi connectivity index (χ1) is 9.36. The van der Waals surface area contributed by atoms with E-state index in [0.29, 0.717) is 0 Å². The van der Waals surface area contributed by atoms with Crippen LogP contribution in [0.1, 0.15) is 29.9 Å². The lowest BCUT2D eigenvalue weighted by molar-refractivity contribution is 1.08. The molecule has 0 atom stereocenters. The molecular formula is C17H19NS. The molecule has 2 aromatic rings. The van der Waals surface area contributed by atoms with E-state index < -0.39 is 0 Å². The molecule has 1 aliphatic carbocycles. The maximum absolute atomic E-state index is 3.55. The van der Waals surface area contributed by atoms with Crippen LogP contribution in [0.4, 0.5) is 5.69 Å². The van der Waals surface area contributed by atoms with E-state index in [-0.39, 0.29) is 0 Å².